The Labute approximate surface area is 125 Å². The van der Waals surface area contributed by atoms with E-state index in [1.54, 1.807) is 6.08 Å². The molecule has 1 saturated heterocycles. The second-order valence-corrected chi connectivity index (χ2v) is 5.58. The minimum atomic E-state index is 0.652. The predicted octanol–water partition coefficient (Wildman–Crippen LogP) is 0.299. The Balaban J connectivity index is 1.79. The first-order valence-corrected chi connectivity index (χ1v) is 7.59. The van der Waals surface area contributed by atoms with E-state index in [1.165, 1.54) is 19.3 Å². The minimum Gasteiger partial charge on any atom is -0.370 e. The highest BCUT2D eigenvalue weighted by atomic mass is 16.1. The zero-order valence-electron chi connectivity index (χ0n) is 12.3. The van der Waals surface area contributed by atoms with Crippen LogP contribution in [0.3, 0.4) is 0 Å². The normalized spacial score (nSPS) is 19.5. The number of carbonyl (C=O) groups is 2. The van der Waals surface area contributed by atoms with Gasteiger partial charge in [-0.25, -0.2) is 0 Å². The minimum absolute atomic E-state index is 0.652. The molecule has 21 heavy (non-hydrogen) atoms. The van der Waals surface area contributed by atoms with Crippen molar-refractivity contribution in [3.05, 3.63) is 23.7 Å². The number of allylic oxidation sites excluding steroid dienone is 1. The third-order valence-electron chi connectivity index (χ3n) is 4.01. The summed E-state index contributed by atoms with van der Waals surface area (Å²) in [6.45, 7) is 3.89. The fourth-order valence-corrected chi connectivity index (χ4v) is 2.94. The van der Waals surface area contributed by atoms with Crippen LogP contribution >= 0.6 is 0 Å². The van der Waals surface area contributed by atoms with Gasteiger partial charge in [0.25, 0.3) is 0 Å². The summed E-state index contributed by atoms with van der Waals surface area (Å²) in [5, 5.41) is 8.70. The van der Waals surface area contributed by atoms with Crippen LogP contribution in [0, 0.1) is 5.92 Å². The van der Waals surface area contributed by atoms with Crippen molar-refractivity contribution in [3.63, 3.8) is 0 Å². The van der Waals surface area contributed by atoms with Crippen LogP contribution in [0.15, 0.2) is 23.7 Å². The molecule has 6 heteroatoms. The second-order valence-electron chi connectivity index (χ2n) is 5.58. The monoisotopic (exact) mass is 292 g/mol. The summed E-state index contributed by atoms with van der Waals surface area (Å²) in [7, 11) is 0. The summed E-state index contributed by atoms with van der Waals surface area (Å²) < 4.78 is 0. The maximum Gasteiger partial charge on any atom is 0.211 e. The Kier molecular flexibility index (Phi) is 6.27. The molecule has 3 N–H and O–H groups in total. The fourth-order valence-electron chi connectivity index (χ4n) is 2.94. The molecule has 2 heterocycles. The largest absolute Gasteiger partial charge is 0.370 e. The lowest BCUT2D eigenvalue weighted by atomic mass is 9.93. The van der Waals surface area contributed by atoms with Crippen molar-refractivity contribution in [2.24, 2.45) is 5.92 Å². The van der Waals surface area contributed by atoms with Gasteiger partial charge in [-0.1, -0.05) is 0 Å². The van der Waals surface area contributed by atoms with Crippen molar-refractivity contribution >= 4 is 12.8 Å². The highest BCUT2D eigenvalue weighted by molar-refractivity contribution is 5.55. The fraction of sp³-hybridized carbons (Fsp3) is 0.600. The number of carbonyl (C=O) groups excluding carboxylic acids is 2. The van der Waals surface area contributed by atoms with Crippen LogP contribution in [0.1, 0.15) is 25.7 Å². The molecule has 1 fully saturated rings. The SMILES string of the molecule is O=CNC1=CN(CCCC2CCNCC2)CC(NC=O)=C1. The van der Waals surface area contributed by atoms with Gasteiger partial charge in [0.1, 0.15) is 0 Å². The average molecular weight is 292 g/mol. The topological polar surface area (TPSA) is 73.5 Å². The number of hydrogen-bond donors (Lipinski definition) is 3. The molecule has 0 bridgehead atoms. The van der Waals surface area contributed by atoms with Gasteiger partial charge in [-0.05, 0) is 50.8 Å². The number of rotatable bonds is 8. The molecule has 116 valence electrons. The van der Waals surface area contributed by atoms with E-state index in [-0.39, 0.29) is 0 Å². The molecule has 0 atom stereocenters. The first-order chi connectivity index (χ1) is 10.3. The zero-order valence-corrected chi connectivity index (χ0v) is 12.3. The van der Waals surface area contributed by atoms with Gasteiger partial charge < -0.3 is 20.9 Å². The van der Waals surface area contributed by atoms with Gasteiger partial charge >= 0.3 is 0 Å². The summed E-state index contributed by atoms with van der Waals surface area (Å²) in [6, 6.07) is 0. The Morgan fingerprint density at radius 1 is 1.24 bits per heavy atom. The molecule has 2 rings (SSSR count). The van der Waals surface area contributed by atoms with Crippen LogP contribution in [-0.4, -0.2) is 43.9 Å². The summed E-state index contributed by atoms with van der Waals surface area (Å²) in [4.78, 5) is 23.3. The molecule has 0 aromatic rings. The Hall–Kier alpha value is -1.82. The van der Waals surface area contributed by atoms with Crippen LogP contribution in [0.2, 0.25) is 0 Å². The third-order valence-corrected chi connectivity index (χ3v) is 4.01. The maximum atomic E-state index is 10.6. The maximum absolute atomic E-state index is 10.6. The summed E-state index contributed by atoms with van der Waals surface area (Å²) in [5.41, 5.74) is 1.51. The molecule has 2 amide bonds. The van der Waals surface area contributed by atoms with E-state index >= 15 is 0 Å². The number of piperidine rings is 1. The van der Waals surface area contributed by atoms with Gasteiger partial charge in [-0.15, -0.1) is 0 Å². The molecule has 2 aliphatic rings. The Morgan fingerprint density at radius 3 is 2.71 bits per heavy atom. The summed E-state index contributed by atoms with van der Waals surface area (Å²) in [6.07, 6.45) is 9.95. The van der Waals surface area contributed by atoms with Gasteiger partial charge in [0.05, 0.1) is 12.2 Å². The molecule has 0 spiro atoms. The van der Waals surface area contributed by atoms with Gasteiger partial charge in [0.15, 0.2) is 0 Å². The van der Waals surface area contributed by atoms with Gasteiger partial charge in [0.2, 0.25) is 12.8 Å². The molecule has 0 aromatic heterocycles. The van der Waals surface area contributed by atoms with Crippen molar-refractivity contribution in [1.29, 1.82) is 0 Å². The van der Waals surface area contributed by atoms with Crippen LogP contribution in [0.5, 0.6) is 0 Å². The van der Waals surface area contributed by atoms with E-state index < -0.39 is 0 Å². The summed E-state index contributed by atoms with van der Waals surface area (Å²) in [5.74, 6) is 0.829. The van der Waals surface area contributed by atoms with Crippen LogP contribution in [0.25, 0.3) is 0 Å². The predicted molar refractivity (Wildman–Crippen MR) is 81.0 cm³/mol. The highest BCUT2D eigenvalue weighted by Crippen LogP contribution is 2.19. The first kappa shape index (κ1) is 15.6. The van der Waals surface area contributed by atoms with E-state index in [2.05, 4.69) is 20.9 Å². The van der Waals surface area contributed by atoms with Crippen LogP contribution in [-0.2, 0) is 9.59 Å². The van der Waals surface area contributed by atoms with Crippen molar-refractivity contribution in [2.45, 2.75) is 25.7 Å². The van der Waals surface area contributed by atoms with E-state index in [9.17, 15) is 9.59 Å². The molecular weight excluding hydrogens is 268 g/mol. The van der Waals surface area contributed by atoms with Crippen molar-refractivity contribution in [1.82, 2.24) is 20.9 Å². The number of hydrogen-bond acceptors (Lipinski definition) is 4. The van der Waals surface area contributed by atoms with Crippen molar-refractivity contribution < 1.29 is 9.59 Å². The van der Waals surface area contributed by atoms with E-state index in [0.717, 1.165) is 37.7 Å². The molecule has 0 aliphatic carbocycles. The molecule has 0 radical (unpaired) electrons. The van der Waals surface area contributed by atoms with Crippen molar-refractivity contribution in [2.75, 3.05) is 26.2 Å². The van der Waals surface area contributed by atoms with E-state index in [1.807, 2.05) is 6.20 Å². The lowest BCUT2D eigenvalue weighted by Crippen LogP contribution is -2.33. The highest BCUT2D eigenvalue weighted by Gasteiger charge is 2.15. The molecule has 0 unspecified atom stereocenters. The zero-order chi connectivity index (χ0) is 14.9. The van der Waals surface area contributed by atoms with Gasteiger partial charge in [-0.3, -0.25) is 9.59 Å². The average Bonchev–Trinajstić information content (AvgIpc) is 2.49. The van der Waals surface area contributed by atoms with E-state index in [4.69, 9.17) is 0 Å². The second kappa shape index (κ2) is 8.46. The number of nitrogens with zero attached hydrogens (tertiary/aromatic N) is 1. The number of amides is 2. The molecule has 6 nitrogen and oxygen atoms in total. The van der Waals surface area contributed by atoms with E-state index in [0.29, 0.717) is 25.1 Å². The summed E-state index contributed by atoms with van der Waals surface area (Å²) >= 11 is 0. The molecule has 0 saturated carbocycles. The standard InChI is InChI=1S/C15H24N4O2/c20-11-17-14-8-15(18-12-21)10-19(9-14)7-1-2-13-3-5-16-6-4-13/h8-9,11-13,16H,1-7,10H2,(H,17,20)(H,18,21). The lowest BCUT2D eigenvalue weighted by Gasteiger charge is -2.28. The third kappa shape index (κ3) is 5.23. The Morgan fingerprint density at radius 2 is 2.00 bits per heavy atom. The Bertz CT molecular complexity index is 414. The smallest absolute Gasteiger partial charge is 0.211 e. The molecule has 0 aromatic carbocycles. The first-order valence-electron chi connectivity index (χ1n) is 7.59. The molecule has 2 aliphatic heterocycles. The molecular formula is C15H24N4O2. The quantitative estimate of drug-likeness (QED) is 0.563. The lowest BCUT2D eigenvalue weighted by molar-refractivity contribution is -0.109. The van der Waals surface area contributed by atoms with Crippen LogP contribution in [0.4, 0.5) is 0 Å². The van der Waals surface area contributed by atoms with Gasteiger partial charge in [0, 0.05) is 18.4 Å². The van der Waals surface area contributed by atoms with Crippen LogP contribution < -0.4 is 16.0 Å². The van der Waals surface area contributed by atoms with Crippen molar-refractivity contribution in [3.8, 4) is 0 Å². The van der Waals surface area contributed by atoms with Gasteiger partial charge in [-0.2, -0.15) is 0 Å². The number of nitrogens with one attached hydrogen (secondary N) is 3.